The number of nitrogens with zero attached hydrogens (tertiary/aromatic N) is 1. The minimum atomic E-state index is 0. The molecule has 8 heteroatoms. The van der Waals surface area contributed by atoms with Crippen LogP contribution in [0.25, 0.3) is 0 Å². The fourth-order valence-electron chi connectivity index (χ4n) is 3.68. The summed E-state index contributed by atoms with van der Waals surface area (Å²) in [5, 5.41) is 16.9. The second-order valence-electron chi connectivity index (χ2n) is 6.63. The number of aromatic nitrogens is 2. The van der Waals surface area contributed by atoms with Crippen molar-refractivity contribution in [1.82, 2.24) is 26.1 Å². The maximum Gasteiger partial charge on any atom is 0.220 e. The molecular weight excluding hydrogens is 349 g/mol. The zero-order valence-corrected chi connectivity index (χ0v) is 15.6. The van der Waals surface area contributed by atoms with Crippen molar-refractivity contribution in [3.8, 4) is 0 Å². The van der Waals surface area contributed by atoms with Crippen molar-refractivity contribution in [3.05, 3.63) is 18.0 Å². The van der Waals surface area contributed by atoms with Crippen LogP contribution in [-0.2, 0) is 11.2 Å². The lowest BCUT2D eigenvalue weighted by molar-refractivity contribution is -0.121. The van der Waals surface area contributed by atoms with E-state index < -0.39 is 0 Å². The lowest BCUT2D eigenvalue weighted by atomic mass is 9.80. The number of halogens is 2. The lowest BCUT2D eigenvalue weighted by Gasteiger charge is -2.41. The summed E-state index contributed by atoms with van der Waals surface area (Å²) in [4.78, 5) is 11.9. The van der Waals surface area contributed by atoms with Crippen molar-refractivity contribution in [1.29, 1.82) is 0 Å². The number of piperidine rings is 2. The molecule has 0 aliphatic carbocycles. The monoisotopic (exact) mass is 377 g/mol. The molecular formula is C16H29Cl2N5O. The average Bonchev–Trinajstić information content (AvgIpc) is 3.03. The van der Waals surface area contributed by atoms with E-state index in [1.807, 2.05) is 6.20 Å². The van der Waals surface area contributed by atoms with Crippen LogP contribution in [0.15, 0.2) is 12.4 Å². The van der Waals surface area contributed by atoms with Gasteiger partial charge in [0.1, 0.15) is 0 Å². The predicted molar refractivity (Wildman–Crippen MR) is 99.9 cm³/mol. The average molecular weight is 378 g/mol. The Kier molecular flexibility index (Phi) is 9.66. The number of H-pyrrole nitrogens is 1. The summed E-state index contributed by atoms with van der Waals surface area (Å²) in [6.45, 7) is 4.11. The van der Waals surface area contributed by atoms with Crippen molar-refractivity contribution in [3.63, 3.8) is 0 Å². The summed E-state index contributed by atoms with van der Waals surface area (Å²) in [5.41, 5.74) is 1.13. The molecule has 0 aromatic carbocycles. The van der Waals surface area contributed by atoms with Gasteiger partial charge < -0.3 is 16.0 Å². The van der Waals surface area contributed by atoms with Crippen LogP contribution in [0.5, 0.6) is 0 Å². The highest BCUT2D eigenvalue weighted by Crippen LogP contribution is 2.26. The Labute approximate surface area is 156 Å². The highest BCUT2D eigenvalue weighted by atomic mass is 35.5. The van der Waals surface area contributed by atoms with E-state index in [0.29, 0.717) is 19.0 Å². The first kappa shape index (κ1) is 21.2. The van der Waals surface area contributed by atoms with E-state index in [0.717, 1.165) is 56.3 Å². The molecule has 3 atom stereocenters. The van der Waals surface area contributed by atoms with Gasteiger partial charge >= 0.3 is 0 Å². The van der Waals surface area contributed by atoms with Gasteiger partial charge in [-0.2, -0.15) is 5.10 Å². The number of amides is 1. The first-order valence-corrected chi connectivity index (χ1v) is 8.49. The Morgan fingerprint density at radius 2 is 2.17 bits per heavy atom. The van der Waals surface area contributed by atoms with Crippen LogP contribution in [0.1, 0.15) is 31.2 Å². The molecule has 1 aromatic rings. The summed E-state index contributed by atoms with van der Waals surface area (Å²) >= 11 is 0. The molecule has 6 nitrogen and oxygen atoms in total. The topological polar surface area (TPSA) is 81.8 Å². The third kappa shape index (κ3) is 6.24. The third-order valence-corrected chi connectivity index (χ3v) is 4.92. The van der Waals surface area contributed by atoms with Crippen molar-refractivity contribution in [2.75, 3.05) is 26.2 Å². The Balaban J connectivity index is 0.00000144. The van der Waals surface area contributed by atoms with Crippen LogP contribution in [-0.4, -0.2) is 48.3 Å². The molecule has 2 saturated heterocycles. The number of hydrogen-bond acceptors (Lipinski definition) is 4. The van der Waals surface area contributed by atoms with Gasteiger partial charge in [-0.05, 0) is 62.7 Å². The minimum absolute atomic E-state index is 0. The van der Waals surface area contributed by atoms with Crippen LogP contribution in [0.3, 0.4) is 0 Å². The molecule has 1 amide bonds. The molecule has 0 saturated carbocycles. The molecule has 0 unspecified atom stereocenters. The van der Waals surface area contributed by atoms with E-state index in [1.54, 1.807) is 6.20 Å². The van der Waals surface area contributed by atoms with Crippen LogP contribution >= 0.6 is 24.8 Å². The first-order chi connectivity index (χ1) is 10.8. The van der Waals surface area contributed by atoms with E-state index in [9.17, 15) is 4.79 Å². The number of hydrogen-bond donors (Lipinski definition) is 4. The number of aromatic amines is 1. The minimum Gasteiger partial charge on any atom is -0.356 e. The number of rotatable bonds is 7. The fraction of sp³-hybridized carbons (Fsp3) is 0.750. The molecule has 3 heterocycles. The zero-order chi connectivity index (χ0) is 15.2. The molecule has 138 valence electrons. The van der Waals surface area contributed by atoms with E-state index >= 15 is 0 Å². The van der Waals surface area contributed by atoms with Crippen molar-refractivity contribution in [2.24, 2.45) is 11.8 Å². The molecule has 0 radical (unpaired) electrons. The molecule has 2 aliphatic rings. The van der Waals surface area contributed by atoms with Gasteiger partial charge in [0, 0.05) is 25.2 Å². The van der Waals surface area contributed by atoms with Gasteiger partial charge in [-0.1, -0.05) is 0 Å². The Morgan fingerprint density at radius 1 is 1.29 bits per heavy atom. The summed E-state index contributed by atoms with van der Waals surface area (Å²) in [6, 6.07) is 0.586. The van der Waals surface area contributed by atoms with E-state index in [1.165, 1.54) is 6.42 Å². The third-order valence-electron chi connectivity index (χ3n) is 4.92. The number of nitrogens with one attached hydrogen (secondary N) is 4. The molecule has 3 rings (SSSR count). The first-order valence-electron chi connectivity index (χ1n) is 8.49. The van der Waals surface area contributed by atoms with Crippen molar-refractivity contribution < 1.29 is 4.79 Å². The van der Waals surface area contributed by atoms with Gasteiger partial charge in [-0.25, -0.2) is 0 Å². The second kappa shape index (κ2) is 10.9. The van der Waals surface area contributed by atoms with Gasteiger partial charge in [0.05, 0.1) is 6.20 Å². The van der Waals surface area contributed by atoms with Gasteiger partial charge in [-0.3, -0.25) is 9.89 Å². The standard InChI is InChI=1S/C16H27N5O.2ClH/c22-16(18-5-4-12-9-20-21-10-12)3-1-2-15-14-6-13(8-19-15)7-17-11-14;;/h9-10,13-15,17,19H,1-8,11H2,(H,18,22)(H,20,21);2*1H/t13-,14+,15-;;/m0../s1. The SMILES string of the molecule is Cl.Cl.O=C(CCC[C@@H]1NC[C@@H]2CNC[C@H]1C2)NCCc1cn[nH]c1. The lowest BCUT2D eigenvalue weighted by Crippen LogP contribution is -2.54. The molecule has 0 spiro atoms. The highest BCUT2D eigenvalue weighted by molar-refractivity contribution is 5.85. The van der Waals surface area contributed by atoms with Crippen LogP contribution in [0.4, 0.5) is 0 Å². The molecule has 2 aliphatic heterocycles. The van der Waals surface area contributed by atoms with E-state index in [4.69, 9.17) is 0 Å². The zero-order valence-electron chi connectivity index (χ0n) is 13.9. The summed E-state index contributed by atoms with van der Waals surface area (Å²) in [7, 11) is 0. The number of fused-ring (bicyclic) bond motifs is 2. The van der Waals surface area contributed by atoms with Gasteiger partial charge in [0.25, 0.3) is 0 Å². The van der Waals surface area contributed by atoms with Gasteiger partial charge in [0.2, 0.25) is 5.91 Å². The predicted octanol–water partition coefficient (Wildman–Crippen LogP) is 1.28. The summed E-state index contributed by atoms with van der Waals surface area (Å²) in [5.74, 6) is 1.72. The van der Waals surface area contributed by atoms with Gasteiger partial charge in [-0.15, -0.1) is 24.8 Å². The smallest absolute Gasteiger partial charge is 0.220 e. The number of carbonyl (C=O) groups excluding carboxylic acids is 1. The van der Waals surface area contributed by atoms with Crippen LogP contribution in [0.2, 0.25) is 0 Å². The van der Waals surface area contributed by atoms with Crippen LogP contribution < -0.4 is 16.0 Å². The van der Waals surface area contributed by atoms with Crippen molar-refractivity contribution in [2.45, 2.75) is 38.1 Å². The Bertz CT molecular complexity index is 471. The molecule has 1 aromatic heterocycles. The molecule has 4 N–H and O–H groups in total. The summed E-state index contributed by atoms with van der Waals surface area (Å²) in [6.07, 6.45) is 8.56. The number of carbonyl (C=O) groups is 1. The van der Waals surface area contributed by atoms with E-state index in [-0.39, 0.29) is 30.7 Å². The maximum absolute atomic E-state index is 11.9. The molecule has 24 heavy (non-hydrogen) atoms. The van der Waals surface area contributed by atoms with Gasteiger partial charge in [0.15, 0.2) is 0 Å². The Hall–Kier alpha value is -0.820. The maximum atomic E-state index is 11.9. The quantitative estimate of drug-likeness (QED) is 0.576. The van der Waals surface area contributed by atoms with E-state index in [2.05, 4.69) is 26.1 Å². The fourth-order valence-corrected chi connectivity index (χ4v) is 3.68. The largest absolute Gasteiger partial charge is 0.356 e. The highest BCUT2D eigenvalue weighted by Gasteiger charge is 2.32. The van der Waals surface area contributed by atoms with Crippen molar-refractivity contribution >= 4 is 30.7 Å². The normalized spacial score (nSPS) is 25.2. The Morgan fingerprint density at radius 3 is 2.96 bits per heavy atom. The molecule has 2 bridgehead atoms. The van der Waals surface area contributed by atoms with Crippen LogP contribution in [0, 0.1) is 11.8 Å². The molecule has 2 fully saturated rings. The summed E-state index contributed by atoms with van der Waals surface area (Å²) < 4.78 is 0. The second-order valence-corrected chi connectivity index (χ2v) is 6.63.